The number of aliphatic carboxylic acids is 1. The van der Waals surface area contributed by atoms with Crippen LogP contribution in [0.5, 0.6) is 0 Å². The molecule has 3 N–H and O–H groups in total. The summed E-state index contributed by atoms with van der Waals surface area (Å²) in [6.45, 7) is 0.985. The van der Waals surface area contributed by atoms with Crippen molar-refractivity contribution in [2.24, 2.45) is 5.92 Å². The van der Waals surface area contributed by atoms with E-state index in [4.69, 9.17) is 14.2 Å². The lowest BCUT2D eigenvalue weighted by Crippen LogP contribution is -2.38. The normalized spacial score (nSPS) is 19.2. The minimum Gasteiger partial charge on any atom is -0.479 e. The van der Waals surface area contributed by atoms with E-state index in [1.165, 1.54) is 23.0 Å². The number of carboxylic acids is 1. The second-order valence-electron chi connectivity index (χ2n) is 11.6. The third-order valence-corrected chi connectivity index (χ3v) is 9.61. The molecule has 5 aromatic rings. The largest absolute Gasteiger partial charge is 0.479 e. The monoisotopic (exact) mass is 841 g/mol. The molecule has 1 unspecified atom stereocenters. The molecule has 1 fully saturated rings. The molecule has 5 atom stereocenters. The van der Waals surface area contributed by atoms with Gasteiger partial charge in [0.05, 0.1) is 18.5 Å². The van der Waals surface area contributed by atoms with Gasteiger partial charge in [-0.1, -0.05) is 61.5 Å². The maximum Gasteiger partial charge on any atom is 0.365 e. The third-order valence-electron chi connectivity index (χ3n) is 8.15. The van der Waals surface area contributed by atoms with Crippen LogP contribution >= 0.6 is 30.2 Å². The maximum absolute atomic E-state index is 14.0. The van der Waals surface area contributed by atoms with E-state index in [-0.39, 0.29) is 37.5 Å². The van der Waals surface area contributed by atoms with Gasteiger partial charge in [-0.3, -0.25) is 18.7 Å². The van der Waals surface area contributed by atoms with E-state index in [0.717, 1.165) is 4.90 Å². The lowest BCUT2D eigenvalue weighted by atomic mass is 10.0. The number of anilines is 1. The number of imide groups is 1. The van der Waals surface area contributed by atoms with Crippen molar-refractivity contribution >= 4 is 70.9 Å². The van der Waals surface area contributed by atoms with Crippen molar-refractivity contribution in [3.63, 3.8) is 0 Å². The number of carbonyl (C=O) groups excluding carboxylic acids is 3. The molecule has 6 rings (SSSR count). The minimum atomic E-state index is -5.25. The Labute approximate surface area is 308 Å². The van der Waals surface area contributed by atoms with Gasteiger partial charge in [0.15, 0.2) is 20.8 Å². The summed E-state index contributed by atoms with van der Waals surface area (Å²) < 4.78 is 30.7. The third kappa shape index (κ3) is 7.64. The van der Waals surface area contributed by atoms with Gasteiger partial charge < -0.3 is 29.1 Å². The second-order valence-corrected chi connectivity index (χ2v) is 14.2. The van der Waals surface area contributed by atoms with Gasteiger partial charge in [0.25, 0.3) is 17.7 Å². The number of rotatable bonds is 11. The molecule has 16 nitrogen and oxygen atoms in total. The van der Waals surface area contributed by atoms with Crippen molar-refractivity contribution in [3.05, 3.63) is 118 Å². The Kier molecular flexibility index (Phi) is 10.9. The van der Waals surface area contributed by atoms with Crippen molar-refractivity contribution in [1.29, 1.82) is 0 Å². The van der Waals surface area contributed by atoms with Crippen LogP contribution < -0.4 is 4.90 Å². The van der Waals surface area contributed by atoms with Crippen molar-refractivity contribution in [1.82, 2.24) is 19.5 Å². The van der Waals surface area contributed by atoms with Crippen LogP contribution in [0.4, 0.5) is 5.82 Å². The number of ether oxygens (including phenoxy) is 3. The number of fused-ring (bicyclic) bond motifs is 1. The summed E-state index contributed by atoms with van der Waals surface area (Å²) in [7, 11) is -5.25. The summed E-state index contributed by atoms with van der Waals surface area (Å²) in [6, 6.07) is 24.4. The second kappa shape index (κ2) is 15.4. The number of hydrogen-bond acceptors (Lipinski definition) is 11. The predicted octanol–water partition coefficient (Wildman–Crippen LogP) is 4.28. The van der Waals surface area contributed by atoms with E-state index in [1.807, 2.05) is 22.6 Å². The zero-order valence-corrected chi connectivity index (χ0v) is 30.1. The Bertz CT molecular complexity index is 2120. The molecule has 52 heavy (non-hydrogen) atoms. The first-order chi connectivity index (χ1) is 24.8. The van der Waals surface area contributed by atoms with Gasteiger partial charge in [0.2, 0.25) is 0 Å². The van der Waals surface area contributed by atoms with Gasteiger partial charge in [-0.05, 0) is 36.4 Å². The highest BCUT2D eigenvalue weighted by atomic mass is 127. The highest BCUT2D eigenvalue weighted by Crippen LogP contribution is 2.44. The average Bonchev–Trinajstić information content (AvgIpc) is 3.68. The summed E-state index contributed by atoms with van der Waals surface area (Å²) in [5.74, 6) is -7.31. The molecule has 268 valence electrons. The number of nitrogens with zero attached hydrogens (tertiary/aromatic N) is 5. The van der Waals surface area contributed by atoms with E-state index in [0.29, 0.717) is 0 Å². The van der Waals surface area contributed by atoms with Gasteiger partial charge in [0, 0.05) is 39.6 Å². The smallest absolute Gasteiger partial charge is 0.365 e. The van der Waals surface area contributed by atoms with Crippen molar-refractivity contribution in [3.8, 4) is 0 Å². The molecular weight excluding hydrogens is 812 g/mol. The predicted molar refractivity (Wildman–Crippen MR) is 190 cm³/mol. The zero-order valence-electron chi connectivity index (χ0n) is 27.0. The van der Waals surface area contributed by atoms with Crippen molar-refractivity contribution in [2.45, 2.75) is 31.2 Å². The van der Waals surface area contributed by atoms with Crippen LogP contribution in [0.1, 0.15) is 44.2 Å². The Morgan fingerprint density at radius 1 is 0.904 bits per heavy atom. The van der Waals surface area contributed by atoms with E-state index in [9.17, 15) is 38.6 Å². The lowest BCUT2D eigenvalue weighted by molar-refractivity contribution is -0.149. The molecule has 0 saturated carbocycles. The highest BCUT2D eigenvalue weighted by molar-refractivity contribution is 14.1. The van der Waals surface area contributed by atoms with E-state index >= 15 is 0 Å². The van der Waals surface area contributed by atoms with Crippen LogP contribution in [0.15, 0.2) is 97.3 Å². The van der Waals surface area contributed by atoms with Crippen LogP contribution in [0.25, 0.3) is 11.2 Å². The Morgan fingerprint density at radius 2 is 1.44 bits per heavy atom. The molecule has 1 saturated heterocycles. The fourth-order valence-corrected chi connectivity index (χ4v) is 6.73. The fraction of sp³-hybridized carbons (Fsp3) is 0.206. The summed E-state index contributed by atoms with van der Waals surface area (Å²) in [5.41, 5.74) is 0.812. The number of esters is 1. The molecule has 2 aromatic heterocycles. The zero-order chi connectivity index (χ0) is 37.2. The Morgan fingerprint density at radius 3 is 1.96 bits per heavy atom. The van der Waals surface area contributed by atoms with Crippen LogP contribution in [-0.4, -0.2) is 82.8 Å². The van der Waals surface area contributed by atoms with Crippen molar-refractivity contribution in [2.75, 3.05) is 11.5 Å². The first-order valence-electron chi connectivity index (χ1n) is 15.5. The van der Waals surface area contributed by atoms with E-state index < -0.39 is 68.2 Å². The first-order valence-corrected chi connectivity index (χ1v) is 18.3. The van der Waals surface area contributed by atoms with Crippen LogP contribution in [-0.2, 0) is 23.6 Å². The van der Waals surface area contributed by atoms with Gasteiger partial charge in [-0.15, -0.1) is 0 Å². The van der Waals surface area contributed by atoms with E-state index in [2.05, 4.69) is 15.0 Å². The van der Waals surface area contributed by atoms with Gasteiger partial charge in [-0.25, -0.2) is 29.4 Å². The topological polar surface area (TPSA) is 221 Å². The number of amides is 2. The number of imidazole rings is 1. The number of aromatic nitrogens is 4. The van der Waals surface area contributed by atoms with Crippen LogP contribution in [0.2, 0.25) is 0 Å². The molecule has 18 heteroatoms. The SMILES string of the molecule is C[C@@H]1[C@H](OC(=O)c2ccccc2)[C@@H](COC(C(=O)O)P(=O)(O)O)O[C@H]1n1cnc2c(N(C(=O)c3ccccc3)C(=O)c3ccccc3)nc(I)nc21. The lowest BCUT2D eigenvalue weighted by Gasteiger charge is -2.23. The molecule has 3 heterocycles. The summed E-state index contributed by atoms with van der Waals surface area (Å²) in [4.78, 5) is 86.4. The summed E-state index contributed by atoms with van der Waals surface area (Å²) in [5, 5.41) is 9.41. The number of benzene rings is 3. The molecule has 1 aliphatic rings. The fourth-order valence-electron chi connectivity index (χ4n) is 5.70. The van der Waals surface area contributed by atoms with Crippen LogP contribution in [0, 0.1) is 9.75 Å². The molecular formula is C34H29IN5O11P. The van der Waals surface area contributed by atoms with Gasteiger partial charge >= 0.3 is 19.5 Å². The Balaban J connectivity index is 1.40. The average molecular weight is 842 g/mol. The molecule has 0 bridgehead atoms. The molecule has 1 aliphatic heterocycles. The van der Waals surface area contributed by atoms with Gasteiger partial charge in [0.1, 0.15) is 18.4 Å². The van der Waals surface area contributed by atoms with E-state index in [1.54, 1.807) is 85.8 Å². The number of carbonyl (C=O) groups is 4. The van der Waals surface area contributed by atoms with Gasteiger partial charge in [-0.2, -0.15) is 0 Å². The van der Waals surface area contributed by atoms with Crippen molar-refractivity contribution < 1.29 is 52.8 Å². The highest BCUT2D eigenvalue weighted by Gasteiger charge is 2.48. The minimum absolute atomic E-state index is 0.0507. The number of carboxylic acid groups (broad SMARTS) is 1. The standard InChI is InChI=1S/C34H29IN5O11P/c1-19-25(51-32(45)22-15-9-4-10-16-22)23(17-49-33(31(43)44)52(46,47)48)50-30(19)39-18-36-24-26(39)37-34(35)38-27(24)40(28(41)20-11-5-2-6-12-20)29(42)21-13-7-3-8-14-21/h2-16,18-19,23,25,30,33H,17H2,1H3,(H,43,44)(H2,46,47,48)/t19-,23-,25+,30-,33?/m1/s1. The summed E-state index contributed by atoms with van der Waals surface area (Å²) in [6.07, 6.45) is -2.05. The molecule has 0 radical (unpaired) electrons. The quantitative estimate of drug-likeness (QED) is 0.0556. The molecule has 3 aromatic carbocycles. The molecule has 0 aliphatic carbocycles. The molecule has 2 amide bonds. The maximum atomic E-state index is 14.0. The first kappa shape index (κ1) is 36.9. The number of halogens is 1. The summed E-state index contributed by atoms with van der Waals surface area (Å²) >= 11 is 1.84. The molecule has 0 spiro atoms. The number of hydrogen-bond donors (Lipinski definition) is 3. The Hall–Kier alpha value is -4.91. The van der Waals surface area contributed by atoms with Crippen LogP contribution in [0.3, 0.4) is 0 Å².